The number of aliphatic carboxylic acids is 1. The van der Waals surface area contributed by atoms with Crippen LogP contribution in [0.5, 0.6) is 0 Å². The summed E-state index contributed by atoms with van der Waals surface area (Å²) in [6, 6.07) is 0.482. The van der Waals surface area contributed by atoms with Crippen molar-refractivity contribution in [3.63, 3.8) is 0 Å². The molecule has 0 aromatic rings. The molecule has 0 aromatic heterocycles. The van der Waals surface area contributed by atoms with E-state index in [2.05, 4.69) is 17.2 Å². The van der Waals surface area contributed by atoms with E-state index in [0.717, 1.165) is 25.8 Å². The first-order chi connectivity index (χ1) is 6.29. The third kappa shape index (κ3) is 4.54. The molecule has 2 N–H and O–H groups in total. The van der Waals surface area contributed by atoms with E-state index in [9.17, 15) is 4.79 Å². The molecular formula is C10H15NO2. The molecule has 0 aliphatic heterocycles. The molecule has 13 heavy (non-hydrogen) atoms. The second-order valence-corrected chi connectivity index (χ2v) is 3.24. The highest BCUT2D eigenvalue weighted by Gasteiger charge is 2.07. The number of hydrogen-bond donors (Lipinski definition) is 2. The Kier molecular flexibility index (Phi) is 4.34. The third-order valence-corrected chi connectivity index (χ3v) is 2.09. The van der Waals surface area contributed by atoms with E-state index >= 15 is 0 Å². The molecule has 0 bridgehead atoms. The first-order valence-corrected chi connectivity index (χ1v) is 4.70. The summed E-state index contributed by atoms with van der Waals surface area (Å²) in [6.07, 6.45) is 3.94. The largest absolute Gasteiger partial charge is 0.481 e. The predicted octanol–water partition coefficient (Wildman–Crippen LogP) is 0.997. The van der Waals surface area contributed by atoms with E-state index in [-0.39, 0.29) is 6.42 Å². The topological polar surface area (TPSA) is 49.3 Å². The zero-order valence-corrected chi connectivity index (χ0v) is 7.68. The van der Waals surface area contributed by atoms with Crippen LogP contribution in [0, 0.1) is 11.8 Å². The molecule has 0 fully saturated rings. The Balaban J connectivity index is 2.00. The summed E-state index contributed by atoms with van der Waals surface area (Å²) in [4.78, 5) is 10.2. The second kappa shape index (κ2) is 5.60. The van der Waals surface area contributed by atoms with Crippen molar-refractivity contribution in [2.75, 3.05) is 6.54 Å². The minimum absolute atomic E-state index is 0.255. The average molecular weight is 181 g/mol. The van der Waals surface area contributed by atoms with Crippen LogP contribution in [-0.2, 0) is 4.79 Å². The van der Waals surface area contributed by atoms with Gasteiger partial charge in [0.2, 0.25) is 0 Å². The normalized spacial score (nSPS) is 20.5. The van der Waals surface area contributed by atoms with E-state index in [1.54, 1.807) is 0 Å². The fourth-order valence-electron chi connectivity index (χ4n) is 1.35. The second-order valence-electron chi connectivity index (χ2n) is 3.24. The third-order valence-electron chi connectivity index (χ3n) is 2.09. The maximum Gasteiger partial charge on any atom is 0.303 e. The van der Waals surface area contributed by atoms with Gasteiger partial charge in [-0.2, -0.15) is 0 Å². The fraction of sp³-hybridized carbons (Fsp3) is 0.700. The lowest BCUT2D eigenvalue weighted by molar-refractivity contribution is -0.137. The molecule has 1 aliphatic carbocycles. The molecule has 3 nitrogen and oxygen atoms in total. The van der Waals surface area contributed by atoms with Crippen LogP contribution in [0.4, 0.5) is 0 Å². The van der Waals surface area contributed by atoms with Crippen LogP contribution < -0.4 is 5.32 Å². The maximum atomic E-state index is 10.2. The van der Waals surface area contributed by atoms with Gasteiger partial charge in [0, 0.05) is 25.3 Å². The highest BCUT2D eigenvalue weighted by molar-refractivity contribution is 5.66. The molecule has 1 unspecified atom stereocenters. The van der Waals surface area contributed by atoms with Crippen LogP contribution >= 0.6 is 0 Å². The monoisotopic (exact) mass is 181 g/mol. The smallest absolute Gasteiger partial charge is 0.303 e. The van der Waals surface area contributed by atoms with Gasteiger partial charge >= 0.3 is 5.97 Å². The van der Waals surface area contributed by atoms with Crippen LogP contribution in [0.2, 0.25) is 0 Å². The van der Waals surface area contributed by atoms with Crippen molar-refractivity contribution in [3.8, 4) is 11.8 Å². The van der Waals surface area contributed by atoms with Crippen LogP contribution in [0.3, 0.4) is 0 Å². The van der Waals surface area contributed by atoms with Crippen LogP contribution in [0.15, 0.2) is 0 Å². The summed E-state index contributed by atoms with van der Waals surface area (Å²) in [7, 11) is 0. The average Bonchev–Trinajstić information content (AvgIpc) is 2.14. The van der Waals surface area contributed by atoms with Gasteiger partial charge in [-0.3, -0.25) is 4.79 Å². The van der Waals surface area contributed by atoms with Gasteiger partial charge in [0.15, 0.2) is 0 Å². The molecule has 0 aromatic carbocycles. The molecule has 0 saturated carbocycles. The molecule has 0 amide bonds. The molecule has 1 rings (SSSR count). The van der Waals surface area contributed by atoms with Crippen LogP contribution in [0.25, 0.3) is 0 Å². The standard InChI is InChI=1S/C10H15NO2/c12-10(13)7-4-8-11-9-5-2-1-3-6-9/h9,11H,2,4-8H2,(H,12,13). The number of hydrogen-bond acceptors (Lipinski definition) is 2. The summed E-state index contributed by atoms with van der Waals surface area (Å²) >= 11 is 0. The Morgan fingerprint density at radius 1 is 1.54 bits per heavy atom. The van der Waals surface area contributed by atoms with Crippen molar-refractivity contribution in [2.45, 2.75) is 38.1 Å². The number of carbonyl (C=O) groups is 1. The van der Waals surface area contributed by atoms with Crippen molar-refractivity contribution >= 4 is 5.97 Å². The van der Waals surface area contributed by atoms with Crippen molar-refractivity contribution in [1.29, 1.82) is 0 Å². The highest BCUT2D eigenvalue weighted by Crippen LogP contribution is 2.05. The number of carboxylic acids is 1. The minimum atomic E-state index is -0.717. The first-order valence-electron chi connectivity index (χ1n) is 4.70. The van der Waals surface area contributed by atoms with Crippen molar-refractivity contribution in [3.05, 3.63) is 0 Å². The van der Waals surface area contributed by atoms with Gasteiger partial charge in [-0.25, -0.2) is 0 Å². The molecule has 0 spiro atoms. The van der Waals surface area contributed by atoms with Crippen LogP contribution in [-0.4, -0.2) is 23.7 Å². The summed E-state index contributed by atoms with van der Waals surface area (Å²) in [5.74, 6) is 5.38. The molecule has 3 heteroatoms. The number of nitrogens with one attached hydrogen (secondary N) is 1. The predicted molar refractivity (Wildman–Crippen MR) is 50.3 cm³/mol. The zero-order chi connectivity index (χ0) is 9.52. The van der Waals surface area contributed by atoms with E-state index < -0.39 is 5.97 Å². The minimum Gasteiger partial charge on any atom is -0.481 e. The lowest BCUT2D eigenvalue weighted by atomic mass is 10.0. The van der Waals surface area contributed by atoms with Gasteiger partial charge < -0.3 is 10.4 Å². The Labute approximate surface area is 78.5 Å². The SMILES string of the molecule is O=C(O)CCCNC1CC#CCC1. The fourth-order valence-corrected chi connectivity index (χ4v) is 1.35. The molecule has 0 saturated heterocycles. The van der Waals surface area contributed by atoms with Gasteiger partial charge in [0.05, 0.1) is 0 Å². The molecule has 0 radical (unpaired) electrons. The Morgan fingerprint density at radius 2 is 2.38 bits per heavy atom. The van der Waals surface area contributed by atoms with Gasteiger partial charge in [-0.05, 0) is 19.4 Å². The summed E-state index contributed by atoms with van der Waals surface area (Å²) in [5.41, 5.74) is 0. The number of carboxylic acid groups (broad SMARTS) is 1. The lowest BCUT2D eigenvalue weighted by Crippen LogP contribution is -2.30. The van der Waals surface area contributed by atoms with E-state index in [4.69, 9.17) is 5.11 Å². The van der Waals surface area contributed by atoms with Crippen LogP contribution in [0.1, 0.15) is 32.1 Å². The Hall–Kier alpha value is -1.01. The Bertz CT molecular complexity index is 227. The zero-order valence-electron chi connectivity index (χ0n) is 7.68. The van der Waals surface area contributed by atoms with Crippen molar-refractivity contribution < 1.29 is 9.90 Å². The molecule has 1 aliphatic rings. The molecule has 0 heterocycles. The maximum absolute atomic E-state index is 10.2. The molecular weight excluding hydrogens is 166 g/mol. The van der Waals surface area contributed by atoms with Crippen molar-refractivity contribution in [2.24, 2.45) is 0 Å². The van der Waals surface area contributed by atoms with E-state index in [1.165, 1.54) is 0 Å². The van der Waals surface area contributed by atoms with E-state index in [1.807, 2.05) is 0 Å². The van der Waals surface area contributed by atoms with Gasteiger partial charge in [-0.1, -0.05) is 0 Å². The summed E-state index contributed by atoms with van der Waals surface area (Å²) < 4.78 is 0. The highest BCUT2D eigenvalue weighted by atomic mass is 16.4. The van der Waals surface area contributed by atoms with E-state index in [0.29, 0.717) is 12.5 Å². The summed E-state index contributed by atoms with van der Waals surface area (Å²) in [5, 5.41) is 11.7. The number of rotatable bonds is 5. The van der Waals surface area contributed by atoms with Gasteiger partial charge in [-0.15, -0.1) is 11.8 Å². The molecule has 1 atom stereocenters. The first kappa shape index (κ1) is 10.1. The summed E-state index contributed by atoms with van der Waals surface area (Å²) in [6.45, 7) is 0.790. The quantitative estimate of drug-likeness (QED) is 0.491. The molecule has 72 valence electrons. The van der Waals surface area contributed by atoms with Gasteiger partial charge in [0.25, 0.3) is 0 Å². The van der Waals surface area contributed by atoms with Crippen molar-refractivity contribution in [1.82, 2.24) is 5.32 Å². The van der Waals surface area contributed by atoms with Gasteiger partial charge in [0.1, 0.15) is 0 Å². The Morgan fingerprint density at radius 3 is 3.00 bits per heavy atom. The lowest BCUT2D eigenvalue weighted by Gasteiger charge is -2.16.